The number of benzene rings is 1. The molecule has 4 nitrogen and oxygen atoms in total. The number of phenolic OH excluding ortho intramolecular Hbond substituents is 2. The van der Waals surface area contributed by atoms with Gasteiger partial charge in [-0.3, -0.25) is 4.79 Å². The summed E-state index contributed by atoms with van der Waals surface area (Å²) in [5, 5.41) is 21.2. The smallest absolute Gasteiger partial charge is 0.255 e. The van der Waals surface area contributed by atoms with Crippen molar-refractivity contribution in [1.29, 1.82) is 0 Å². The van der Waals surface area contributed by atoms with Gasteiger partial charge in [0.2, 0.25) is 0 Å². The third kappa shape index (κ3) is 4.29. The van der Waals surface area contributed by atoms with Crippen molar-refractivity contribution in [2.45, 2.75) is 0 Å². The summed E-state index contributed by atoms with van der Waals surface area (Å²) in [7, 11) is 0. The maximum atomic E-state index is 11.6. The van der Waals surface area contributed by atoms with Crippen LogP contribution in [0.1, 0.15) is 10.4 Å². The fraction of sp³-hybridized carbons (Fsp3) is 0.250. The van der Waals surface area contributed by atoms with Crippen LogP contribution in [0.4, 0.5) is 0 Å². The van der Waals surface area contributed by atoms with Crippen molar-refractivity contribution in [2.24, 2.45) is 0 Å². The summed E-state index contributed by atoms with van der Waals surface area (Å²) in [5.74, 6) is 3.13. The molecule has 0 saturated carbocycles. The molecule has 0 aliphatic rings. The van der Waals surface area contributed by atoms with Crippen LogP contribution in [0.3, 0.4) is 0 Å². The fourth-order valence-electron chi connectivity index (χ4n) is 1.18. The van der Waals surface area contributed by atoms with Gasteiger partial charge in [-0.25, -0.2) is 0 Å². The molecule has 0 aromatic heterocycles. The Hall–Kier alpha value is -1.80. The number of hydrogen-bond acceptors (Lipinski definition) is 4. The van der Waals surface area contributed by atoms with Crippen molar-refractivity contribution >= 4 is 17.7 Å². The van der Waals surface area contributed by atoms with Crippen LogP contribution in [-0.2, 0) is 0 Å². The minimum absolute atomic E-state index is 0.0800. The molecule has 0 bridgehead atoms. The van der Waals surface area contributed by atoms with Gasteiger partial charge >= 0.3 is 0 Å². The summed E-state index contributed by atoms with van der Waals surface area (Å²) in [6, 6.07) is 3.85. The van der Waals surface area contributed by atoms with Crippen molar-refractivity contribution in [3.05, 3.63) is 23.8 Å². The van der Waals surface area contributed by atoms with Crippen LogP contribution in [0.25, 0.3) is 0 Å². The summed E-state index contributed by atoms with van der Waals surface area (Å²) in [6.45, 7) is 0.478. The SMILES string of the molecule is C#CCSCCNC(=O)c1ccc(O)cc1O. The summed E-state index contributed by atoms with van der Waals surface area (Å²) in [4.78, 5) is 11.6. The average Bonchev–Trinajstić information content (AvgIpc) is 2.28. The van der Waals surface area contributed by atoms with E-state index in [1.807, 2.05) is 0 Å². The number of phenols is 2. The zero-order valence-corrected chi connectivity index (χ0v) is 9.96. The van der Waals surface area contributed by atoms with Gasteiger partial charge in [0.1, 0.15) is 11.5 Å². The van der Waals surface area contributed by atoms with E-state index in [4.69, 9.17) is 11.5 Å². The number of rotatable bonds is 5. The topological polar surface area (TPSA) is 69.6 Å². The standard InChI is InChI=1S/C12H13NO3S/c1-2-6-17-7-5-13-12(16)10-4-3-9(14)8-11(10)15/h1,3-4,8,14-15H,5-7H2,(H,13,16). The normalized spacial score (nSPS) is 9.59. The Bertz CT molecular complexity index is 440. The van der Waals surface area contributed by atoms with Crippen LogP contribution in [0.15, 0.2) is 18.2 Å². The summed E-state index contributed by atoms with van der Waals surface area (Å²) in [5.41, 5.74) is 0.143. The van der Waals surface area contributed by atoms with Crippen LogP contribution in [0.2, 0.25) is 0 Å². The van der Waals surface area contributed by atoms with Crippen LogP contribution in [0.5, 0.6) is 11.5 Å². The largest absolute Gasteiger partial charge is 0.508 e. The second kappa shape index (κ2) is 6.71. The molecule has 3 N–H and O–H groups in total. The molecule has 0 atom stereocenters. The van der Waals surface area contributed by atoms with E-state index in [9.17, 15) is 9.90 Å². The highest BCUT2D eigenvalue weighted by Gasteiger charge is 2.10. The number of terminal acetylenes is 1. The lowest BCUT2D eigenvalue weighted by Crippen LogP contribution is -2.25. The Morgan fingerprint density at radius 1 is 1.47 bits per heavy atom. The second-order valence-electron chi connectivity index (χ2n) is 3.21. The highest BCUT2D eigenvalue weighted by atomic mass is 32.2. The molecule has 1 aromatic rings. The molecule has 90 valence electrons. The Morgan fingerprint density at radius 3 is 2.88 bits per heavy atom. The molecule has 1 rings (SSSR count). The summed E-state index contributed by atoms with van der Waals surface area (Å²) < 4.78 is 0. The monoisotopic (exact) mass is 251 g/mol. The van der Waals surface area contributed by atoms with E-state index in [1.54, 1.807) is 11.8 Å². The number of carbonyl (C=O) groups is 1. The van der Waals surface area contributed by atoms with Crippen LogP contribution < -0.4 is 5.32 Å². The summed E-state index contributed by atoms with van der Waals surface area (Å²) >= 11 is 1.54. The average molecular weight is 251 g/mol. The zero-order chi connectivity index (χ0) is 12.7. The minimum Gasteiger partial charge on any atom is -0.508 e. The maximum absolute atomic E-state index is 11.6. The van der Waals surface area contributed by atoms with Gasteiger partial charge in [-0.2, -0.15) is 0 Å². The van der Waals surface area contributed by atoms with E-state index in [-0.39, 0.29) is 23.0 Å². The molecule has 5 heteroatoms. The van der Waals surface area contributed by atoms with Gasteiger partial charge in [0, 0.05) is 18.4 Å². The first-order valence-electron chi connectivity index (χ1n) is 4.96. The summed E-state index contributed by atoms with van der Waals surface area (Å²) in [6.07, 6.45) is 5.08. The molecular weight excluding hydrogens is 238 g/mol. The lowest BCUT2D eigenvalue weighted by molar-refractivity contribution is 0.0953. The lowest BCUT2D eigenvalue weighted by Gasteiger charge is -2.06. The predicted octanol–water partition coefficient (Wildman–Crippen LogP) is 1.19. The van der Waals surface area contributed by atoms with Crippen LogP contribution >= 0.6 is 11.8 Å². The van der Waals surface area contributed by atoms with E-state index in [1.165, 1.54) is 12.1 Å². The third-order valence-corrected chi connectivity index (χ3v) is 2.81. The van der Waals surface area contributed by atoms with Gasteiger partial charge in [-0.1, -0.05) is 5.92 Å². The first kappa shape index (κ1) is 13.3. The highest BCUT2D eigenvalue weighted by Crippen LogP contribution is 2.22. The van der Waals surface area contributed by atoms with Gasteiger partial charge in [-0.15, -0.1) is 18.2 Å². The Balaban J connectivity index is 2.45. The molecule has 1 aromatic carbocycles. The van der Waals surface area contributed by atoms with E-state index in [2.05, 4.69) is 11.2 Å². The first-order chi connectivity index (χ1) is 8.15. The molecule has 0 saturated heterocycles. The lowest BCUT2D eigenvalue weighted by atomic mass is 10.2. The number of nitrogens with one attached hydrogen (secondary N) is 1. The van der Waals surface area contributed by atoms with Crippen LogP contribution in [0, 0.1) is 12.3 Å². The molecule has 17 heavy (non-hydrogen) atoms. The molecule has 0 spiro atoms. The van der Waals surface area contributed by atoms with Crippen molar-refractivity contribution < 1.29 is 15.0 Å². The van der Waals surface area contributed by atoms with E-state index >= 15 is 0 Å². The number of thioether (sulfide) groups is 1. The minimum atomic E-state index is -0.371. The molecule has 0 aliphatic carbocycles. The van der Waals surface area contributed by atoms with Crippen molar-refractivity contribution in [2.75, 3.05) is 18.1 Å². The number of aromatic hydroxyl groups is 2. The molecule has 0 heterocycles. The maximum Gasteiger partial charge on any atom is 0.255 e. The zero-order valence-electron chi connectivity index (χ0n) is 9.14. The van der Waals surface area contributed by atoms with Gasteiger partial charge in [-0.05, 0) is 12.1 Å². The van der Waals surface area contributed by atoms with Gasteiger partial charge in [0.05, 0.1) is 11.3 Å². The van der Waals surface area contributed by atoms with Gasteiger partial charge in [0.15, 0.2) is 0 Å². The van der Waals surface area contributed by atoms with Gasteiger partial charge in [0.25, 0.3) is 5.91 Å². The third-order valence-electron chi connectivity index (χ3n) is 1.94. The Kier molecular flexibility index (Phi) is 5.24. The van der Waals surface area contributed by atoms with E-state index in [0.29, 0.717) is 12.3 Å². The molecule has 0 aliphatic heterocycles. The quantitative estimate of drug-likeness (QED) is 0.543. The van der Waals surface area contributed by atoms with Gasteiger partial charge < -0.3 is 15.5 Å². The van der Waals surface area contributed by atoms with E-state index < -0.39 is 0 Å². The van der Waals surface area contributed by atoms with Crippen molar-refractivity contribution in [3.63, 3.8) is 0 Å². The second-order valence-corrected chi connectivity index (χ2v) is 4.32. The van der Waals surface area contributed by atoms with Crippen molar-refractivity contribution in [1.82, 2.24) is 5.32 Å². The number of carbonyl (C=O) groups excluding carboxylic acids is 1. The predicted molar refractivity (Wildman–Crippen MR) is 68.3 cm³/mol. The van der Waals surface area contributed by atoms with Crippen LogP contribution in [-0.4, -0.2) is 34.2 Å². The Labute approximate surface area is 104 Å². The molecule has 1 amide bonds. The first-order valence-corrected chi connectivity index (χ1v) is 6.12. The number of amides is 1. The highest BCUT2D eigenvalue weighted by molar-refractivity contribution is 7.99. The molecule has 0 unspecified atom stereocenters. The number of hydrogen-bond donors (Lipinski definition) is 3. The molecule has 0 fully saturated rings. The molecule has 0 radical (unpaired) electrons. The Morgan fingerprint density at radius 2 is 2.24 bits per heavy atom. The molecular formula is C12H13NO3S. The fourth-order valence-corrected chi connectivity index (χ4v) is 1.68. The van der Waals surface area contributed by atoms with E-state index in [0.717, 1.165) is 11.8 Å². The van der Waals surface area contributed by atoms with Crippen molar-refractivity contribution in [3.8, 4) is 23.8 Å².